The Morgan fingerprint density at radius 1 is 1.53 bits per heavy atom. The molecule has 0 aliphatic carbocycles. The van der Waals surface area contributed by atoms with Crippen LogP contribution < -0.4 is 9.46 Å². The van der Waals surface area contributed by atoms with E-state index in [1.807, 2.05) is 0 Å². The minimum absolute atomic E-state index is 0.0943. The molecule has 0 bridgehead atoms. The van der Waals surface area contributed by atoms with Gasteiger partial charge in [0, 0.05) is 6.07 Å². The quantitative estimate of drug-likeness (QED) is 0.864. The fourth-order valence-electron chi connectivity index (χ4n) is 1.18. The smallest absolute Gasteiger partial charge is 0.306 e. The van der Waals surface area contributed by atoms with Crippen LogP contribution in [0.1, 0.15) is 0 Å². The number of hydrogen-bond donors (Lipinski definition) is 2. The molecule has 2 N–H and O–H groups in total. The Balaban J connectivity index is 2.24. The molecule has 0 fully saturated rings. The van der Waals surface area contributed by atoms with Crippen LogP contribution in [0.4, 0.5) is 6.01 Å². The van der Waals surface area contributed by atoms with Gasteiger partial charge in [-0.1, -0.05) is 0 Å². The summed E-state index contributed by atoms with van der Waals surface area (Å²) in [5.41, 5.74) is 0. The first-order valence-electron chi connectivity index (χ1n) is 4.65. The van der Waals surface area contributed by atoms with Gasteiger partial charge in [-0.2, -0.15) is 0 Å². The molecule has 1 aromatic heterocycles. The Morgan fingerprint density at radius 2 is 2.35 bits per heavy atom. The van der Waals surface area contributed by atoms with E-state index < -0.39 is 11.0 Å². The summed E-state index contributed by atoms with van der Waals surface area (Å²) in [4.78, 5) is 3.97. The molecule has 1 heterocycles. The van der Waals surface area contributed by atoms with E-state index in [0.29, 0.717) is 5.75 Å². The Morgan fingerprint density at radius 3 is 3.00 bits per heavy atom. The minimum Gasteiger partial charge on any atom is -0.507 e. The van der Waals surface area contributed by atoms with Crippen molar-refractivity contribution < 1.29 is 18.5 Å². The predicted octanol–water partition coefficient (Wildman–Crippen LogP) is 1.52. The second-order valence-corrected chi connectivity index (χ2v) is 4.22. The van der Waals surface area contributed by atoms with Crippen molar-refractivity contribution in [2.24, 2.45) is 0 Å². The molecule has 0 radical (unpaired) electrons. The van der Waals surface area contributed by atoms with Crippen LogP contribution in [0.3, 0.4) is 0 Å². The number of benzene rings is 1. The van der Waals surface area contributed by atoms with E-state index in [9.17, 15) is 9.32 Å². The van der Waals surface area contributed by atoms with E-state index in [-0.39, 0.29) is 16.7 Å². The highest BCUT2D eigenvalue weighted by Gasteiger charge is 2.12. The number of ether oxygens (including phenoxy) is 1. The molecule has 1 aromatic carbocycles. The number of phenols is 1. The van der Waals surface area contributed by atoms with Crippen molar-refractivity contribution in [3.63, 3.8) is 0 Å². The molecule has 0 saturated carbocycles. The fourth-order valence-corrected chi connectivity index (χ4v) is 2.03. The summed E-state index contributed by atoms with van der Waals surface area (Å²) in [6.45, 7) is 0. The lowest BCUT2D eigenvalue weighted by molar-refractivity contribution is 0.408. The van der Waals surface area contributed by atoms with Crippen molar-refractivity contribution >= 4 is 17.0 Å². The van der Waals surface area contributed by atoms with E-state index in [4.69, 9.17) is 9.15 Å². The van der Waals surface area contributed by atoms with Gasteiger partial charge >= 0.3 is 6.01 Å². The van der Waals surface area contributed by atoms with Gasteiger partial charge in [-0.05, 0) is 12.1 Å². The first-order valence-corrected chi connectivity index (χ1v) is 5.80. The van der Waals surface area contributed by atoms with Crippen LogP contribution in [-0.4, -0.2) is 21.4 Å². The monoisotopic (exact) mass is 254 g/mol. The third kappa shape index (κ3) is 2.56. The first kappa shape index (κ1) is 11.5. The van der Waals surface area contributed by atoms with Gasteiger partial charge in [-0.25, -0.2) is 9.19 Å². The summed E-state index contributed by atoms with van der Waals surface area (Å²) < 4.78 is 24.3. The molecule has 2 aromatic rings. The summed E-state index contributed by atoms with van der Waals surface area (Å²) in [7, 11) is -0.186. The number of rotatable bonds is 4. The Kier molecular flexibility index (Phi) is 3.29. The molecule has 0 spiro atoms. The maximum Gasteiger partial charge on any atom is 0.306 e. The molecule has 6 nitrogen and oxygen atoms in total. The van der Waals surface area contributed by atoms with Crippen molar-refractivity contribution in [2.45, 2.75) is 4.90 Å². The number of aromatic hydroxyl groups is 1. The standard InChI is InChI=1S/C10H10N2O4S/c1-15-7-2-3-8(13)9(6-7)17(14)12-10-11-4-5-16-10/h2-6,13H,1H3,(H,11,12). The van der Waals surface area contributed by atoms with Gasteiger partial charge < -0.3 is 14.3 Å². The number of nitrogens with zero attached hydrogens (tertiary/aromatic N) is 1. The maximum atomic E-state index is 11.9. The molecule has 0 aliphatic heterocycles. The third-order valence-corrected chi connectivity index (χ3v) is 3.07. The summed E-state index contributed by atoms with van der Waals surface area (Å²) >= 11 is 0. The van der Waals surface area contributed by atoms with Gasteiger partial charge in [0.1, 0.15) is 22.7 Å². The lowest BCUT2D eigenvalue weighted by Gasteiger charge is -2.06. The molecule has 0 saturated heterocycles. The van der Waals surface area contributed by atoms with E-state index >= 15 is 0 Å². The first-order chi connectivity index (χ1) is 8.20. The Labute approximate surface area is 99.8 Å². The zero-order valence-corrected chi connectivity index (χ0v) is 9.73. The topological polar surface area (TPSA) is 84.6 Å². The van der Waals surface area contributed by atoms with Crippen LogP contribution >= 0.6 is 0 Å². The van der Waals surface area contributed by atoms with Crippen LogP contribution in [0.5, 0.6) is 11.5 Å². The van der Waals surface area contributed by atoms with Crippen LogP contribution in [0.2, 0.25) is 0 Å². The number of aromatic nitrogens is 1. The van der Waals surface area contributed by atoms with Crippen LogP contribution in [-0.2, 0) is 11.0 Å². The number of nitrogens with one attached hydrogen (secondary N) is 1. The van der Waals surface area contributed by atoms with Gasteiger partial charge in [0.2, 0.25) is 0 Å². The van der Waals surface area contributed by atoms with Gasteiger partial charge in [0.15, 0.2) is 11.0 Å². The van der Waals surface area contributed by atoms with Crippen molar-refractivity contribution in [2.75, 3.05) is 11.8 Å². The second-order valence-electron chi connectivity index (χ2n) is 3.04. The fraction of sp³-hybridized carbons (Fsp3) is 0.100. The van der Waals surface area contributed by atoms with E-state index in [2.05, 4.69) is 9.71 Å². The Hall–Kier alpha value is -2.02. The van der Waals surface area contributed by atoms with Gasteiger partial charge in [0.25, 0.3) is 0 Å². The average molecular weight is 254 g/mol. The summed E-state index contributed by atoms with van der Waals surface area (Å²) in [6, 6.07) is 4.57. The molecule has 0 amide bonds. The average Bonchev–Trinajstić information content (AvgIpc) is 2.82. The summed E-state index contributed by atoms with van der Waals surface area (Å²) in [5.74, 6) is 0.406. The van der Waals surface area contributed by atoms with Crippen molar-refractivity contribution in [3.05, 3.63) is 30.7 Å². The third-order valence-electron chi connectivity index (χ3n) is 1.98. The van der Waals surface area contributed by atoms with Crippen LogP contribution in [0.15, 0.2) is 40.0 Å². The van der Waals surface area contributed by atoms with Gasteiger partial charge in [0.05, 0.1) is 13.3 Å². The molecule has 1 atom stereocenters. The van der Waals surface area contributed by atoms with Gasteiger partial charge in [-0.15, -0.1) is 0 Å². The van der Waals surface area contributed by atoms with Crippen LogP contribution in [0.25, 0.3) is 0 Å². The lowest BCUT2D eigenvalue weighted by Crippen LogP contribution is -2.05. The summed E-state index contributed by atoms with van der Waals surface area (Å²) in [6.07, 6.45) is 2.77. The molecule has 17 heavy (non-hydrogen) atoms. The molecule has 0 aliphatic rings. The second kappa shape index (κ2) is 4.88. The number of oxazole rings is 1. The molecular formula is C10H10N2O4S. The zero-order chi connectivity index (χ0) is 12.3. The molecule has 2 rings (SSSR count). The number of hydrogen-bond acceptors (Lipinski definition) is 5. The highest BCUT2D eigenvalue weighted by Crippen LogP contribution is 2.26. The highest BCUT2D eigenvalue weighted by atomic mass is 32.2. The predicted molar refractivity (Wildman–Crippen MR) is 61.2 cm³/mol. The van der Waals surface area contributed by atoms with E-state index in [1.165, 1.54) is 31.7 Å². The number of anilines is 1. The summed E-state index contributed by atoms with van der Waals surface area (Å²) in [5, 5.41) is 9.59. The van der Waals surface area contributed by atoms with Crippen molar-refractivity contribution in [3.8, 4) is 11.5 Å². The molecule has 1 unspecified atom stereocenters. The highest BCUT2D eigenvalue weighted by molar-refractivity contribution is 7.86. The molecule has 90 valence electrons. The molecular weight excluding hydrogens is 244 g/mol. The van der Waals surface area contributed by atoms with Gasteiger partial charge in [-0.3, -0.25) is 4.72 Å². The largest absolute Gasteiger partial charge is 0.507 e. The van der Waals surface area contributed by atoms with Crippen molar-refractivity contribution in [1.29, 1.82) is 0 Å². The van der Waals surface area contributed by atoms with Crippen LogP contribution in [0, 0.1) is 0 Å². The number of methoxy groups -OCH3 is 1. The number of phenolic OH excluding ortho intramolecular Hbond substituents is 1. The van der Waals surface area contributed by atoms with E-state index in [0.717, 1.165) is 0 Å². The normalized spacial score (nSPS) is 12.1. The maximum absolute atomic E-state index is 11.9. The SMILES string of the molecule is COc1ccc(O)c(S(=O)Nc2ncco2)c1. The van der Waals surface area contributed by atoms with E-state index in [1.54, 1.807) is 6.07 Å². The minimum atomic E-state index is -1.67. The lowest BCUT2D eigenvalue weighted by atomic mass is 10.3. The zero-order valence-electron chi connectivity index (χ0n) is 8.91. The molecule has 7 heteroatoms. The Bertz CT molecular complexity index is 527. The van der Waals surface area contributed by atoms with Crippen molar-refractivity contribution in [1.82, 2.24) is 4.98 Å².